The number of unbranched alkanes of at least 4 members (excludes halogenated alkanes) is 9. The first kappa shape index (κ1) is 25.9. The Balaban J connectivity index is 3.97. The summed E-state index contributed by atoms with van der Waals surface area (Å²) in [7, 11) is 0. The summed E-state index contributed by atoms with van der Waals surface area (Å²) in [6.07, 6.45) is 12.4. The van der Waals surface area contributed by atoms with Crippen LogP contribution < -0.4 is 0 Å². The lowest BCUT2D eigenvalue weighted by Crippen LogP contribution is -2.25. The zero-order valence-corrected chi connectivity index (χ0v) is 17.0. The lowest BCUT2D eigenvalue weighted by atomic mass is 9.94. The molecule has 0 radical (unpaired) electrons. The number of carboxylic acids is 1. The van der Waals surface area contributed by atoms with Crippen molar-refractivity contribution in [3.05, 3.63) is 0 Å². The predicted octanol–water partition coefficient (Wildman–Crippen LogP) is 4.06. The molecule has 0 rings (SSSR count). The maximum atomic E-state index is 12.3. The first-order valence-electron chi connectivity index (χ1n) is 10.7. The minimum atomic E-state index is -1.00. The van der Waals surface area contributed by atoms with Gasteiger partial charge in [0.25, 0.3) is 0 Å². The highest BCUT2D eigenvalue weighted by molar-refractivity contribution is 5.72. The van der Waals surface area contributed by atoms with Crippen molar-refractivity contribution in [2.45, 2.75) is 103 Å². The van der Waals surface area contributed by atoms with Gasteiger partial charge >= 0.3 is 11.9 Å². The molecule has 0 aliphatic carbocycles. The number of hydrogen-bond acceptors (Lipinski definition) is 5. The Bertz CT molecular complexity index is 372. The van der Waals surface area contributed by atoms with Gasteiger partial charge in [-0.15, -0.1) is 0 Å². The minimum absolute atomic E-state index is 0.122. The average Bonchev–Trinajstić information content (AvgIpc) is 2.65. The van der Waals surface area contributed by atoms with Crippen molar-refractivity contribution in [1.29, 1.82) is 0 Å². The second kappa shape index (κ2) is 18.2. The van der Waals surface area contributed by atoms with Crippen molar-refractivity contribution in [2.24, 2.45) is 5.92 Å². The average molecular weight is 389 g/mol. The Morgan fingerprint density at radius 3 is 1.89 bits per heavy atom. The van der Waals surface area contributed by atoms with E-state index in [0.29, 0.717) is 0 Å². The molecule has 0 aromatic heterocycles. The summed E-state index contributed by atoms with van der Waals surface area (Å²) in [6.45, 7) is 1.61. The van der Waals surface area contributed by atoms with Crippen LogP contribution in [0.15, 0.2) is 0 Å². The van der Waals surface area contributed by atoms with Crippen molar-refractivity contribution in [3.63, 3.8) is 0 Å². The van der Waals surface area contributed by atoms with Crippen LogP contribution in [0.2, 0.25) is 0 Å². The number of carbonyl (C=O) groups excluding carboxylic acids is 1. The van der Waals surface area contributed by atoms with Gasteiger partial charge in [0.1, 0.15) is 12.7 Å². The molecule has 0 bridgehead atoms. The lowest BCUT2D eigenvalue weighted by Gasteiger charge is -2.17. The molecule has 2 atom stereocenters. The molecule has 6 nitrogen and oxygen atoms in total. The summed E-state index contributed by atoms with van der Waals surface area (Å²) < 4.78 is 5.16. The monoisotopic (exact) mass is 388 g/mol. The number of esters is 1. The largest absolute Gasteiger partial charge is 0.481 e. The second-order valence-corrected chi connectivity index (χ2v) is 7.42. The minimum Gasteiger partial charge on any atom is -0.481 e. The van der Waals surface area contributed by atoms with Gasteiger partial charge < -0.3 is 20.1 Å². The molecule has 0 unspecified atom stereocenters. The van der Waals surface area contributed by atoms with Gasteiger partial charge in [-0.05, 0) is 19.3 Å². The molecular weight excluding hydrogens is 348 g/mol. The zero-order chi connectivity index (χ0) is 20.3. The van der Waals surface area contributed by atoms with Crippen LogP contribution in [0.25, 0.3) is 0 Å². The van der Waals surface area contributed by atoms with E-state index < -0.39 is 18.7 Å². The van der Waals surface area contributed by atoms with E-state index in [4.69, 9.17) is 14.9 Å². The smallest absolute Gasteiger partial charge is 0.309 e. The molecule has 0 amide bonds. The molecule has 0 aliphatic rings. The Kier molecular flexibility index (Phi) is 17.5. The van der Waals surface area contributed by atoms with Crippen LogP contribution in [-0.4, -0.2) is 46.6 Å². The maximum absolute atomic E-state index is 12.3. The molecule has 0 aromatic rings. The Morgan fingerprint density at radius 1 is 0.852 bits per heavy atom. The number of aliphatic hydroxyl groups is 2. The number of carboxylic acid groups (broad SMARTS) is 1. The number of hydrogen-bond donors (Lipinski definition) is 3. The molecule has 0 saturated heterocycles. The number of ether oxygens (including phenoxy) is 1. The summed E-state index contributed by atoms with van der Waals surface area (Å²) in [5.74, 6) is -1.10. The lowest BCUT2D eigenvalue weighted by molar-refractivity contribution is -0.152. The molecule has 27 heavy (non-hydrogen) atoms. The van der Waals surface area contributed by atoms with Gasteiger partial charge in [0.2, 0.25) is 0 Å². The van der Waals surface area contributed by atoms with E-state index in [9.17, 15) is 14.7 Å². The Morgan fingerprint density at radius 2 is 1.37 bits per heavy atom. The third kappa shape index (κ3) is 16.7. The van der Waals surface area contributed by atoms with Crippen LogP contribution >= 0.6 is 0 Å². The second-order valence-electron chi connectivity index (χ2n) is 7.42. The van der Waals surface area contributed by atoms with E-state index in [2.05, 4.69) is 6.92 Å². The van der Waals surface area contributed by atoms with Crippen molar-refractivity contribution in [3.8, 4) is 0 Å². The third-order valence-corrected chi connectivity index (χ3v) is 4.81. The molecule has 0 fully saturated rings. The fraction of sp³-hybridized carbons (Fsp3) is 0.905. The molecule has 6 heteroatoms. The fourth-order valence-electron chi connectivity index (χ4n) is 3.10. The predicted molar refractivity (Wildman–Crippen MR) is 105 cm³/mol. The van der Waals surface area contributed by atoms with Crippen LogP contribution in [0.1, 0.15) is 96.8 Å². The number of aliphatic carboxylic acids is 1. The van der Waals surface area contributed by atoms with E-state index in [1.54, 1.807) is 0 Å². The van der Waals surface area contributed by atoms with Crippen LogP contribution in [0, 0.1) is 5.92 Å². The Hall–Kier alpha value is -1.14. The molecular formula is C21H40O6. The molecule has 160 valence electrons. The number of aliphatic hydroxyl groups excluding tert-OH is 2. The normalized spacial score (nSPS) is 13.3. The van der Waals surface area contributed by atoms with E-state index in [1.807, 2.05) is 0 Å². The number of rotatable bonds is 19. The van der Waals surface area contributed by atoms with Gasteiger partial charge in [0.15, 0.2) is 0 Å². The van der Waals surface area contributed by atoms with Crippen molar-refractivity contribution in [1.82, 2.24) is 0 Å². The number of carbonyl (C=O) groups is 2. The topological polar surface area (TPSA) is 104 Å². The molecule has 0 saturated carbocycles. The first-order valence-corrected chi connectivity index (χ1v) is 10.7. The van der Waals surface area contributed by atoms with Gasteiger partial charge in [0.05, 0.1) is 12.5 Å². The maximum Gasteiger partial charge on any atom is 0.309 e. The summed E-state index contributed by atoms with van der Waals surface area (Å²) in [4.78, 5) is 22.7. The van der Waals surface area contributed by atoms with Gasteiger partial charge in [-0.3, -0.25) is 9.59 Å². The highest BCUT2D eigenvalue weighted by atomic mass is 16.5. The highest BCUT2D eigenvalue weighted by Gasteiger charge is 2.20. The van der Waals surface area contributed by atoms with Gasteiger partial charge in [0, 0.05) is 6.42 Å². The highest BCUT2D eigenvalue weighted by Crippen LogP contribution is 2.20. The quantitative estimate of drug-likeness (QED) is 0.228. The van der Waals surface area contributed by atoms with Gasteiger partial charge in [-0.1, -0.05) is 71.1 Å². The van der Waals surface area contributed by atoms with E-state index in [0.717, 1.165) is 77.0 Å². The standard InChI is InChI=1S/C21H40O6/c1-2-3-4-10-13-18(21(26)27-17-19(23)16-22)14-11-8-6-5-7-9-12-15-20(24)25/h18-19,22-23H,2-17H2,1H3,(H,24,25)/t18-,19-/m1/s1. The summed E-state index contributed by atoms with van der Waals surface area (Å²) in [6, 6.07) is 0. The molecule has 3 N–H and O–H groups in total. The van der Waals surface area contributed by atoms with Crippen LogP contribution in [0.4, 0.5) is 0 Å². The van der Waals surface area contributed by atoms with Crippen molar-refractivity contribution < 1.29 is 29.6 Å². The summed E-state index contributed by atoms with van der Waals surface area (Å²) in [5.41, 5.74) is 0. The molecule has 0 aliphatic heterocycles. The van der Waals surface area contributed by atoms with Crippen molar-refractivity contribution >= 4 is 11.9 Å². The van der Waals surface area contributed by atoms with Crippen LogP contribution in [0.5, 0.6) is 0 Å². The van der Waals surface area contributed by atoms with E-state index >= 15 is 0 Å². The van der Waals surface area contributed by atoms with E-state index in [1.165, 1.54) is 6.42 Å². The first-order chi connectivity index (χ1) is 13.0. The fourth-order valence-corrected chi connectivity index (χ4v) is 3.10. The molecule has 0 aromatic carbocycles. The summed E-state index contributed by atoms with van der Waals surface area (Å²) in [5, 5.41) is 26.8. The third-order valence-electron chi connectivity index (χ3n) is 4.81. The Labute approximate surface area is 164 Å². The van der Waals surface area contributed by atoms with Gasteiger partial charge in [-0.2, -0.15) is 0 Å². The molecule has 0 heterocycles. The summed E-state index contributed by atoms with van der Waals surface area (Å²) >= 11 is 0. The SMILES string of the molecule is CCCCCC[C@H](CCCCCCCCCC(=O)O)C(=O)OC[C@H](O)CO. The van der Waals surface area contributed by atoms with Crippen LogP contribution in [0.3, 0.4) is 0 Å². The van der Waals surface area contributed by atoms with Crippen molar-refractivity contribution in [2.75, 3.05) is 13.2 Å². The molecule has 0 spiro atoms. The van der Waals surface area contributed by atoms with Crippen LogP contribution in [-0.2, 0) is 14.3 Å². The van der Waals surface area contributed by atoms with Gasteiger partial charge in [-0.25, -0.2) is 0 Å². The van der Waals surface area contributed by atoms with E-state index in [-0.39, 0.29) is 24.9 Å². The zero-order valence-electron chi connectivity index (χ0n) is 17.0.